The summed E-state index contributed by atoms with van der Waals surface area (Å²) in [5.74, 6) is 0.887. The van der Waals surface area contributed by atoms with Crippen molar-refractivity contribution in [2.75, 3.05) is 25.0 Å². The normalized spacial score (nSPS) is 18.7. The SMILES string of the molecule is CC(C)c1ccc(NC(=O)C[C@@H]2CNCCO2)c(C(C)C)c1. The van der Waals surface area contributed by atoms with Crippen molar-refractivity contribution in [3.63, 3.8) is 0 Å². The van der Waals surface area contributed by atoms with E-state index in [0.29, 0.717) is 24.9 Å². The van der Waals surface area contributed by atoms with E-state index >= 15 is 0 Å². The summed E-state index contributed by atoms with van der Waals surface area (Å²) in [6.45, 7) is 11.0. The minimum absolute atomic E-state index is 0.0212. The van der Waals surface area contributed by atoms with Gasteiger partial charge in [0, 0.05) is 18.8 Å². The molecule has 0 aromatic heterocycles. The van der Waals surface area contributed by atoms with Crippen molar-refractivity contribution in [3.05, 3.63) is 29.3 Å². The zero-order valence-corrected chi connectivity index (χ0v) is 14.1. The van der Waals surface area contributed by atoms with Crippen LogP contribution in [-0.4, -0.2) is 31.7 Å². The number of carbonyl (C=O) groups excluding carboxylic acids is 1. The van der Waals surface area contributed by atoms with Gasteiger partial charge in [0.15, 0.2) is 0 Å². The fourth-order valence-electron chi connectivity index (χ4n) is 2.69. The van der Waals surface area contributed by atoms with Gasteiger partial charge in [-0.05, 0) is 29.0 Å². The van der Waals surface area contributed by atoms with E-state index in [1.807, 2.05) is 6.07 Å². The average molecular weight is 304 g/mol. The molecule has 2 rings (SSSR count). The maximum absolute atomic E-state index is 12.3. The molecule has 0 spiro atoms. The summed E-state index contributed by atoms with van der Waals surface area (Å²) in [4.78, 5) is 12.3. The number of ether oxygens (including phenoxy) is 1. The predicted molar refractivity (Wildman–Crippen MR) is 90.5 cm³/mol. The number of hydrogen-bond acceptors (Lipinski definition) is 3. The molecule has 0 radical (unpaired) electrons. The lowest BCUT2D eigenvalue weighted by atomic mass is 9.94. The second-order valence-electron chi connectivity index (χ2n) is 6.61. The van der Waals surface area contributed by atoms with Crippen LogP contribution in [-0.2, 0) is 9.53 Å². The lowest BCUT2D eigenvalue weighted by Gasteiger charge is -2.23. The maximum atomic E-state index is 12.3. The molecule has 1 aromatic carbocycles. The van der Waals surface area contributed by atoms with Gasteiger partial charge < -0.3 is 15.4 Å². The predicted octanol–water partition coefficient (Wildman–Crippen LogP) is 3.25. The summed E-state index contributed by atoms with van der Waals surface area (Å²) >= 11 is 0. The molecule has 1 fully saturated rings. The van der Waals surface area contributed by atoms with Gasteiger partial charge in [0.05, 0.1) is 19.1 Å². The Morgan fingerprint density at radius 2 is 2.09 bits per heavy atom. The lowest BCUT2D eigenvalue weighted by Crippen LogP contribution is -2.40. The van der Waals surface area contributed by atoms with Crippen LogP contribution in [0.25, 0.3) is 0 Å². The number of morpholine rings is 1. The molecule has 22 heavy (non-hydrogen) atoms. The van der Waals surface area contributed by atoms with Gasteiger partial charge in [-0.2, -0.15) is 0 Å². The molecule has 0 aliphatic carbocycles. The smallest absolute Gasteiger partial charge is 0.227 e. The third-order valence-corrected chi connectivity index (χ3v) is 4.06. The fraction of sp³-hybridized carbons (Fsp3) is 0.611. The molecule has 1 atom stereocenters. The highest BCUT2D eigenvalue weighted by Gasteiger charge is 2.18. The Bertz CT molecular complexity index is 506. The third kappa shape index (κ3) is 4.55. The molecule has 4 nitrogen and oxygen atoms in total. The van der Waals surface area contributed by atoms with Gasteiger partial charge in [-0.15, -0.1) is 0 Å². The Kier molecular flexibility index (Phi) is 5.98. The van der Waals surface area contributed by atoms with E-state index < -0.39 is 0 Å². The molecular weight excluding hydrogens is 276 g/mol. The number of anilines is 1. The molecule has 1 amide bonds. The van der Waals surface area contributed by atoms with Gasteiger partial charge in [0.25, 0.3) is 0 Å². The van der Waals surface area contributed by atoms with Gasteiger partial charge in [0.2, 0.25) is 5.91 Å². The summed E-state index contributed by atoms with van der Waals surface area (Å²) < 4.78 is 5.59. The van der Waals surface area contributed by atoms with Crippen molar-refractivity contribution in [2.24, 2.45) is 0 Å². The molecule has 122 valence electrons. The fourth-order valence-corrected chi connectivity index (χ4v) is 2.69. The maximum Gasteiger partial charge on any atom is 0.227 e. The van der Waals surface area contributed by atoms with E-state index in [0.717, 1.165) is 18.8 Å². The number of nitrogens with one attached hydrogen (secondary N) is 2. The van der Waals surface area contributed by atoms with Crippen LogP contribution in [0, 0.1) is 0 Å². The Labute approximate surface area is 133 Å². The monoisotopic (exact) mass is 304 g/mol. The number of benzene rings is 1. The second kappa shape index (κ2) is 7.75. The van der Waals surface area contributed by atoms with E-state index in [4.69, 9.17) is 4.74 Å². The summed E-state index contributed by atoms with van der Waals surface area (Å²) in [6.07, 6.45) is 0.377. The van der Waals surface area contributed by atoms with Crippen LogP contribution in [0.4, 0.5) is 5.69 Å². The molecule has 1 aliphatic rings. The van der Waals surface area contributed by atoms with Gasteiger partial charge in [-0.3, -0.25) is 4.79 Å². The number of carbonyl (C=O) groups is 1. The van der Waals surface area contributed by atoms with E-state index in [1.165, 1.54) is 11.1 Å². The number of rotatable bonds is 5. The topological polar surface area (TPSA) is 50.4 Å². The van der Waals surface area contributed by atoms with Crippen LogP contribution < -0.4 is 10.6 Å². The minimum Gasteiger partial charge on any atom is -0.375 e. The summed E-state index contributed by atoms with van der Waals surface area (Å²) in [5, 5.41) is 6.31. The van der Waals surface area contributed by atoms with Crippen LogP contribution >= 0.6 is 0 Å². The second-order valence-corrected chi connectivity index (χ2v) is 6.61. The molecule has 1 heterocycles. The molecule has 1 saturated heterocycles. The Balaban J connectivity index is 2.05. The first kappa shape index (κ1) is 17.0. The summed E-state index contributed by atoms with van der Waals surface area (Å²) in [5.41, 5.74) is 3.43. The van der Waals surface area contributed by atoms with Crippen molar-refractivity contribution >= 4 is 11.6 Å². The first-order valence-corrected chi connectivity index (χ1v) is 8.23. The highest BCUT2D eigenvalue weighted by molar-refractivity contribution is 5.92. The van der Waals surface area contributed by atoms with Crippen LogP contribution in [0.5, 0.6) is 0 Å². The van der Waals surface area contributed by atoms with Crippen molar-refractivity contribution in [1.82, 2.24) is 5.32 Å². The summed E-state index contributed by atoms with van der Waals surface area (Å²) in [7, 11) is 0. The molecule has 1 aliphatic heterocycles. The van der Waals surface area contributed by atoms with Crippen molar-refractivity contribution in [3.8, 4) is 0 Å². The Hall–Kier alpha value is -1.39. The van der Waals surface area contributed by atoms with Crippen LogP contribution in [0.2, 0.25) is 0 Å². The van der Waals surface area contributed by atoms with Crippen molar-refractivity contribution in [1.29, 1.82) is 0 Å². The van der Waals surface area contributed by atoms with E-state index in [1.54, 1.807) is 0 Å². The van der Waals surface area contributed by atoms with E-state index in [2.05, 4.69) is 50.5 Å². The molecular formula is C18H28N2O2. The average Bonchev–Trinajstić information content (AvgIpc) is 2.48. The molecule has 1 aromatic rings. The van der Waals surface area contributed by atoms with Crippen molar-refractivity contribution < 1.29 is 9.53 Å². The molecule has 0 bridgehead atoms. The molecule has 0 unspecified atom stereocenters. The zero-order chi connectivity index (χ0) is 16.1. The zero-order valence-electron chi connectivity index (χ0n) is 14.1. The van der Waals surface area contributed by atoms with Gasteiger partial charge in [0.1, 0.15) is 0 Å². The van der Waals surface area contributed by atoms with E-state index in [9.17, 15) is 4.79 Å². The van der Waals surface area contributed by atoms with Crippen LogP contribution in [0.3, 0.4) is 0 Å². The number of hydrogen-bond donors (Lipinski definition) is 2. The van der Waals surface area contributed by atoms with Crippen molar-refractivity contribution in [2.45, 2.75) is 52.1 Å². The molecule has 2 N–H and O–H groups in total. The largest absolute Gasteiger partial charge is 0.375 e. The molecule has 0 saturated carbocycles. The Morgan fingerprint density at radius 1 is 1.32 bits per heavy atom. The first-order valence-electron chi connectivity index (χ1n) is 8.23. The van der Waals surface area contributed by atoms with Gasteiger partial charge in [-0.25, -0.2) is 0 Å². The van der Waals surface area contributed by atoms with Gasteiger partial charge in [-0.1, -0.05) is 39.8 Å². The van der Waals surface area contributed by atoms with Crippen LogP contribution in [0.1, 0.15) is 57.1 Å². The highest BCUT2D eigenvalue weighted by atomic mass is 16.5. The van der Waals surface area contributed by atoms with Gasteiger partial charge >= 0.3 is 0 Å². The van der Waals surface area contributed by atoms with E-state index in [-0.39, 0.29) is 12.0 Å². The number of amides is 1. The first-order chi connectivity index (χ1) is 10.5. The molecule has 4 heteroatoms. The quantitative estimate of drug-likeness (QED) is 0.878. The summed E-state index contributed by atoms with van der Waals surface area (Å²) in [6, 6.07) is 6.34. The lowest BCUT2D eigenvalue weighted by molar-refractivity contribution is -0.119. The standard InChI is InChI=1S/C18H28N2O2/c1-12(2)14-5-6-17(16(9-14)13(3)4)20-18(21)10-15-11-19-7-8-22-15/h5-6,9,12-13,15,19H,7-8,10-11H2,1-4H3,(H,20,21)/t15-/m1/s1. The Morgan fingerprint density at radius 3 is 2.68 bits per heavy atom. The highest BCUT2D eigenvalue weighted by Crippen LogP contribution is 2.28. The minimum atomic E-state index is -0.0220. The van der Waals surface area contributed by atoms with Crippen LogP contribution in [0.15, 0.2) is 18.2 Å². The third-order valence-electron chi connectivity index (χ3n) is 4.06.